The average Bonchev–Trinajstić information content (AvgIpc) is 3.21. The predicted molar refractivity (Wildman–Crippen MR) is 90.6 cm³/mol. The molecule has 3 atom stereocenters. The predicted octanol–water partition coefficient (Wildman–Crippen LogP) is 3.65. The highest BCUT2D eigenvalue weighted by Gasteiger charge is 2.56. The van der Waals surface area contributed by atoms with E-state index in [4.69, 9.17) is 14.2 Å². The van der Waals surface area contributed by atoms with E-state index < -0.39 is 35.1 Å². The zero-order valence-corrected chi connectivity index (χ0v) is 15.7. The number of ether oxygens (including phenoxy) is 3. The minimum atomic E-state index is -0.921. The van der Waals surface area contributed by atoms with Gasteiger partial charge in [0.25, 0.3) is 0 Å². The second-order valence-corrected chi connectivity index (χ2v) is 8.30. The van der Waals surface area contributed by atoms with Crippen molar-refractivity contribution >= 4 is 6.09 Å². The zero-order chi connectivity index (χ0) is 19.3. The first-order valence-corrected chi connectivity index (χ1v) is 8.73. The summed E-state index contributed by atoms with van der Waals surface area (Å²) in [6.45, 7) is 9.45. The smallest absolute Gasteiger partial charge is 0.412 e. The molecule has 2 aliphatic rings. The Labute approximate surface area is 152 Å². The van der Waals surface area contributed by atoms with E-state index in [1.54, 1.807) is 34.6 Å². The highest BCUT2D eigenvalue weighted by molar-refractivity contribution is 5.70. The van der Waals surface area contributed by atoms with Crippen LogP contribution in [0.4, 0.5) is 13.6 Å². The molecular formula is C19H25F2NO4. The molecule has 1 aromatic carbocycles. The average molecular weight is 369 g/mol. The van der Waals surface area contributed by atoms with Gasteiger partial charge in [0.1, 0.15) is 35.2 Å². The first-order chi connectivity index (χ1) is 12.0. The number of nitrogens with zero attached hydrogens (tertiary/aromatic N) is 1. The number of benzene rings is 1. The maximum absolute atomic E-state index is 13.6. The van der Waals surface area contributed by atoms with Gasteiger partial charge in [-0.1, -0.05) is 0 Å². The van der Waals surface area contributed by atoms with E-state index >= 15 is 0 Å². The van der Waals surface area contributed by atoms with Crippen molar-refractivity contribution in [1.82, 2.24) is 4.90 Å². The zero-order valence-electron chi connectivity index (χ0n) is 15.7. The van der Waals surface area contributed by atoms with Gasteiger partial charge < -0.3 is 14.2 Å². The molecule has 1 aromatic rings. The topological polar surface area (TPSA) is 51.3 Å². The van der Waals surface area contributed by atoms with Crippen LogP contribution in [0.2, 0.25) is 0 Å². The third-order valence-corrected chi connectivity index (χ3v) is 4.40. The molecule has 5 nitrogen and oxygen atoms in total. The van der Waals surface area contributed by atoms with Crippen molar-refractivity contribution in [2.75, 3.05) is 6.61 Å². The Morgan fingerprint density at radius 3 is 2.35 bits per heavy atom. The number of carbonyl (C=O) groups is 1. The highest BCUT2D eigenvalue weighted by atomic mass is 19.1. The summed E-state index contributed by atoms with van der Waals surface area (Å²) in [5, 5.41) is 0. The maximum atomic E-state index is 13.6. The number of hydrogen-bond donors (Lipinski definition) is 0. The van der Waals surface area contributed by atoms with Gasteiger partial charge in [0.2, 0.25) is 0 Å². The van der Waals surface area contributed by atoms with Gasteiger partial charge in [0.05, 0.1) is 12.6 Å². The van der Waals surface area contributed by atoms with Crippen molar-refractivity contribution in [3.8, 4) is 0 Å². The summed E-state index contributed by atoms with van der Waals surface area (Å²) in [4.78, 5) is 14.4. The first kappa shape index (κ1) is 19.0. The van der Waals surface area contributed by atoms with E-state index in [0.29, 0.717) is 12.2 Å². The molecule has 2 fully saturated rings. The molecule has 0 aliphatic carbocycles. The van der Waals surface area contributed by atoms with Gasteiger partial charge in [-0.05, 0) is 58.7 Å². The lowest BCUT2D eigenvalue weighted by Crippen LogP contribution is -2.51. The molecule has 3 rings (SSSR count). The van der Waals surface area contributed by atoms with Crippen molar-refractivity contribution in [2.24, 2.45) is 0 Å². The van der Waals surface area contributed by atoms with E-state index in [-0.39, 0.29) is 18.6 Å². The fourth-order valence-electron chi connectivity index (χ4n) is 3.43. The fourth-order valence-corrected chi connectivity index (χ4v) is 3.43. The SMILES string of the molecule is CC(C)(C)OC(=O)N1[C@@H](Cc2cc(F)cc(F)c2)[C@@H]([C@H]2CO2)OC1(C)C. The van der Waals surface area contributed by atoms with Crippen LogP contribution in [-0.2, 0) is 20.6 Å². The molecule has 0 aromatic heterocycles. The Balaban J connectivity index is 1.91. The Hall–Kier alpha value is -1.73. The molecular weight excluding hydrogens is 344 g/mol. The van der Waals surface area contributed by atoms with E-state index in [2.05, 4.69) is 0 Å². The van der Waals surface area contributed by atoms with Crippen LogP contribution in [0.3, 0.4) is 0 Å². The Morgan fingerprint density at radius 2 is 1.85 bits per heavy atom. The lowest BCUT2D eigenvalue weighted by molar-refractivity contribution is -0.0825. The molecule has 7 heteroatoms. The summed E-state index contributed by atoms with van der Waals surface area (Å²) in [5.41, 5.74) is -1.14. The van der Waals surface area contributed by atoms with Crippen molar-refractivity contribution in [1.29, 1.82) is 0 Å². The molecule has 1 amide bonds. The van der Waals surface area contributed by atoms with Crippen LogP contribution in [0.1, 0.15) is 40.2 Å². The molecule has 0 spiro atoms. The molecule has 26 heavy (non-hydrogen) atoms. The largest absolute Gasteiger partial charge is 0.444 e. The Morgan fingerprint density at radius 1 is 1.27 bits per heavy atom. The Kier molecular flexibility index (Phi) is 4.73. The molecule has 0 unspecified atom stereocenters. The Bertz CT molecular complexity index is 677. The lowest BCUT2D eigenvalue weighted by Gasteiger charge is -2.35. The summed E-state index contributed by atoms with van der Waals surface area (Å²) in [6, 6.07) is 2.92. The number of epoxide rings is 1. The van der Waals surface area contributed by atoms with Crippen LogP contribution in [0, 0.1) is 11.6 Å². The second kappa shape index (κ2) is 6.46. The molecule has 2 heterocycles. The van der Waals surface area contributed by atoms with Crippen molar-refractivity contribution in [2.45, 2.75) is 70.6 Å². The third kappa shape index (κ3) is 4.15. The third-order valence-electron chi connectivity index (χ3n) is 4.40. The molecule has 0 bridgehead atoms. The van der Waals surface area contributed by atoms with Crippen LogP contribution in [0.25, 0.3) is 0 Å². The number of halogens is 2. The van der Waals surface area contributed by atoms with Crippen molar-refractivity contribution in [3.63, 3.8) is 0 Å². The number of rotatable bonds is 3. The monoisotopic (exact) mass is 369 g/mol. The van der Waals surface area contributed by atoms with E-state index in [1.807, 2.05) is 0 Å². The molecule has 2 saturated heterocycles. The van der Waals surface area contributed by atoms with Crippen LogP contribution in [-0.4, -0.2) is 47.2 Å². The van der Waals surface area contributed by atoms with Gasteiger partial charge in [0.15, 0.2) is 0 Å². The molecule has 0 N–H and O–H groups in total. The number of hydrogen-bond acceptors (Lipinski definition) is 4. The number of carbonyl (C=O) groups excluding carboxylic acids is 1. The van der Waals surface area contributed by atoms with Gasteiger partial charge >= 0.3 is 6.09 Å². The summed E-state index contributed by atoms with van der Waals surface area (Å²) in [5.74, 6) is -1.30. The molecule has 0 saturated carbocycles. The van der Waals surface area contributed by atoms with E-state index in [9.17, 15) is 13.6 Å². The second-order valence-electron chi connectivity index (χ2n) is 8.30. The normalized spacial score (nSPS) is 27.5. The van der Waals surface area contributed by atoms with Crippen molar-refractivity contribution < 1.29 is 27.8 Å². The van der Waals surface area contributed by atoms with Crippen LogP contribution < -0.4 is 0 Å². The highest BCUT2D eigenvalue weighted by Crippen LogP contribution is 2.39. The summed E-state index contributed by atoms with van der Waals surface area (Å²) < 4.78 is 44.2. The molecule has 144 valence electrons. The van der Waals surface area contributed by atoms with Crippen LogP contribution >= 0.6 is 0 Å². The van der Waals surface area contributed by atoms with Gasteiger partial charge in [-0.2, -0.15) is 0 Å². The standard InChI is InChI=1S/C19H25F2NO4/c1-18(2,3)26-17(23)22-14(8-11-6-12(20)9-13(21)7-11)16(15-10-24-15)25-19(22,4)5/h6-7,9,14-16H,8,10H2,1-5H3/t14-,15+,16-/m0/s1. The van der Waals surface area contributed by atoms with Gasteiger partial charge in [-0.25, -0.2) is 13.6 Å². The minimum absolute atomic E-state index is 0.134. The van der Waals surface area contributed by atoms with Crippen LogP contribution in [0.15, 0.2) is 18.2 Å². The summed E-state index contributed by atoms with van der Waals surface area (Å²) in [7, 11) is 0. The van der Waals surface area contributed by atoms with Gasteiger partial charge in [-0.3, -0.25) is 4.90 Å². The van der Waals surface area contributed by atoms with Gasteiger partial charge in [-0.15, -0.1) is 0 Å². The van der Waals surface area contributed by atoms with Crippen molar-refractivity contribution in [3.05, 3.63) is 35.4 Å². The summed E-state index contributed by atoms with van der Waals surface area (Å²) in [6.07, 6.45) is -0.802. The fraction of sp³-hybridized carbons (Fsp3) is 0.632. The maximum Gasteiger partial charge on any atom is 0.412 e. The quantitative estimate of drug-likeness (QED) is 0.764. The first-order valence-electron chi connectivity index (χ1n) is 8.73. The van der Waals surface area contributed by atoms with E-state index in [1.165, 1.54) is 17.0 Å². The minimum Gasteiger partial charge on any atom is -0.444 e. The molecule has 0 radical (unpaired) electrons. The molecule has 2 aliphatic heterocycles. The lowest BCUT2D eigenvalue weighted by atomic mass is 9.98. The number of amides is 1. The summed E-state index contributed by atoms with van der Waals surface area (Å²) >= 11 is 0. The van der Waals surface area contributed by atoms with Gasteiger partial charge in [0, 0.05) is 6.07 Å². The van der Waals surface area contributed by atoms with Crippen LogP contribution in [0.5, 0.6) is 0 Å². The van der Waals surface area contributed by atoms with E-state index in [0.717, 1.165) is 6.07 Å².